The van der Waals surface area contributed by atoms with Crippen molar-refractivity contribution in [3.63, 3.8) is 0 Å². The van der Waals surface area contributed by atoms with Crippen LogP contribution in [0.5, 0.6) is 0 Å². The first-order valence-corrected chi connectivity index (χ1v) is 10.1. The number of benzene rings is 2. The number of nitrogens with zero attached hydrogens (tertiary/aromatic N) is 2. The molecule has 0 aliphatic carbocycles. The van der Waals surface area contributed by atoms with Crippen molar-refractivity contribution in [1.82, 2.24) is 4.98 Å². The molecule has 2 aromatic carbocycles. The highest BCUT2D eigenvalue weighted by atomic mass is 16.5. The van der Waals surface area contributed by atoms with Gasteiger partial charge in [0, 0.05) is 34.8 Å². The van der Waals surface area contributed by atoms with Gasteiger partial charge in [-0.15, -0.1) is 0 Å². The number of hydrogen-bond acceptors (Lipinski definition) is 3. The summed E-state index contributed by atoms with van der Waals surface area (Å²) in [6.07, 6.45) is 5.98. The van der Waals surface area contributed by atoms with Crippen molar-refractivity contribution in [1.29, 1.82) is 0 Å². The number of aliphatic carboxylic acids is 1. The first kappa shape index (κ1) is 20.3. The molecule has 2 aromatic heterocycles. The molecular weight excluding hydrogens is 388 g/mol. The third kappa shape index (κ3) is 4.31. The number of pyridine rings is 2. The van der Waals surface area contributed by atoms with Crippen LogP contribution in [-0.2, 0) is 4.79 Å². The van der Waals surface area contributed by atoms with Crippen molar-refractivity contribution >= 4 is 28.5 Å². The lowest BCUT2D eigenvalue weighted by Gasteiger charge is -2.13. The fourth-order valence-electron chi connectivity index (χ4n) is 3.59. The molecule has 5 nitrogen and oxygen atoms in total. The molecule has 1 N–H and O–H groups in total. The molecule has 5 heteroatoms. The summed E-state index contributed by atoms with van der Waals surface area (Å²) in [4.78, 5) is 16.5. The average Bonchev–Trinajstić information content (AvgIpc) is 2.77. The van der Waals surface area contributed by atoms with Gasteiger partial charge in [0.1, 0.15) is 0 Å². The lowest BCUT2D eigenvalue weighted by Crippen LogP contribution is -2.23. The lowest BCUT2D eigenvalue weighted by molar-refractivity contribution is -0.605. The second-order valence-electron chi connectivity index (χ2n) is 7.73. The zero-order valence-electron chi connectivity index (χ0n) is 17.3. The molecule has 0 fully saturated rings. The standard InChI is InChI=1S/C26H22N2O3/c1-17(2)22-15-21-7-4-10-27-25(21)23(16-22)20-6-3-5-18(13-20)14-24(26(29)30)19-8-11-28(31)12-9-19/h3-17H,1-2H3,(H,29,30)/b24-14+. The van der Waals surface area contributed by atoms with Crippen molar-refractivity contribution in [2.24, 2.45) is 0 Å². The minimum Gasteiger partial charge on any atom is -0.619 e. The molecule has 0 radical (unpaired) electrons. The monoisotopic (exact) mass is 410 g/mol. The number of carbonyl (C=O) groups is 1. The van der Waals surface area contributed by atoms with E-state index in [-0.39, 0.29) is 5.57 Å². The number of hydrogen-bond donors (Lipinski definition) is 1. The zero-order valence-corrected chi connectivity index (χ0v) is 17.3. The third-order valence-corrected chi connectivity index (χ3v) is 5.25. The van der Waals surface area contributed by atoms with Crippen LogP contribution in [-0.4, -0.2) is 16.1 Å². The second-order valence-corrected chi connectivity index (χ2v) is 7.73. The van der Waals surface area contributed by atoms with E-state index in [9.17, 15) is 15.1 Å². The summed E-state index contributed by atoms with van der Waals surface area (Å²) in [6.45, 7) is 4.32. The Kier molecular flexibility index (Phi) is 5.50. The molecule has 0 aliphatic rings. The van der Waals surface area contributed by atoms with E-state index in [1.54, 1.807) is 12.3 Å². The number of carboxylic acid groups (broad SMARTS) is 1. The maximum atomic E-state index is 11.9. The van der Waals surface area contributed by atoms with Crippen LogP contribution >= 0.6 is 0 Å². The topological polar surface area (TPSA) is 77.1 Å². The molecule has 0 aliphatic heterocycles. The van der Waals surface area contributed by atoms with Gasteiger partial charge < -0.3 is 10.3 Å². The van der Waals surface area contributed by atoms with Crippen molar-refractivity contribution in [2.75, 3.05) is 0 Å². The Morgan fingerprint density at radius 3 is 2.55 bits per heavy atom. The van der Waals surface area contributed by atoms with Gasteiger partial charge in [0.05, 0.1) is 11.1 Å². The highest BCUT2D eigenvalue weighted by molar-refractivity contribution is 6.20. The minimum absolute atomic E-state index is 0.122. The van der Waals surface area contributed by atoms with Crippen molar-refractivity contribution < 1.29 is 14.6 Å². The van der Waals surface area contributed by atoms with Crippen molar-refractivity contribution in [2.45, 2.75) is 19.8 Å². The van der Waals surface area contributed by atoms with Gasteiger partial charge in [0.25, 0.3) is 0 Å². The molecule has 154 valence electrons. The molecular formula is C26H22N2O3. The molecule has 0 spiro atoms. The first-order chi connectivity index (χ1) is 14.9. The largest absolute Gasteiger partial charge is 0.619 e. The maximum Gasteiger partial charge on any atom is 0.336 e. The van der Waals surface area contributed by atoms with E-state index < -0.39 is 5.97 Å². The van der Waals surface area contributed by atoms with Gasteiger partial charge in [-0.1, -0.05) is 38.1 Å². The number of rotatable bonds is 5. The molecule has 2 heterocycles. The van der Waals surface area contributed by atoms with E-state index in [0.717, 1.165) is 27.6 Å². The van der Waals surface area contributed by atoms with Crippen LogP contribution in [0.25, 0.3) is 33.7 Å². The third-order valence-electron chi connectivity index (χ3n) is 5.25. The van der Waals surface area contributed by atoms with Crippen LogP contribution in [0.2, 0.25) is 0 Å². The lowest BCUT2D eigenvalue weighted by atomic mass is 9.93. The van der Waals surface area contributed by atoms with Gasteiger partial charge in [-0.05, 0) is 52.9 Å². The second kappa shape index (κ2) is 8.40. The molecule has 0 amide bonds. The van der Waals surface area contributed by atoms with Crippen LogP contribution in [0.15, 0.2) is 79.3 Å². The van der Waals surface area contributed by atoms with Gasteiger partial charge in [-0.3, -0.25) is 4.98 Å². The summed E-state index contributed by atoms with van der Waals surface area (Å²) in [7, 11) is 0. The molecule has 0 saturated heterocycles. The van der Waals surface area contributed by atoms with Crippen LogP contribution in [0.3, 0.4) is 0 Å². The van der Waals surface area contributed by atoms with Gasteiger partial charge in [-0.2, -0.15) is 4.73 Å². The molecule has 0 saturated carbocycles. The molecule has 0 unspecified atom stereocenters. The van der Waals surface area contributed by atoms with E-state index in [1.165, 1.54) is 30.1 Å². The molecule has 4 rings (SSSR count). The van der Waals surface area contributed by atoms with Crippen LogP contribution < -0.4 is 4.73 Å². The summed E-state index contributed by atoms with van der Waals surface area (Å²) in [5.41, 5.74) is 5.46. The predicted molar refractivity (Wildman–Crippen MR) is 122 cm³/mol. The van der Waals surface area contributed by atoms with E-state index in [4.69, 9.17) is 0 Å². The summed E-state index contributed by atoms with van der Waals surface area (Å²) in [5.74, 6) is -0.685. The predicted octanol–water partition coefficient (Wildman–Crippen LogP) is 5.28. The fourth-order valence-corrected chi connectivity index (χ4v) is 3.59. The summed E-state index contributed by atoms with van der Waals surface area (Å²) in [5, 5.41) is 22.1. The van der Waals surface area contributed by atoms with Gasteiger partial charge >= 0.3 is 5.97 Å². The summed E-state index contributed by atoms with van der Waals surface area (Å²) in [6, 6.07) is 19.1. The Morgan fingerprint density at radius 1 is 1.06 bits per heavy atom. The van der Waals surface area contributed by atoms with Crippen molar-refractivity contribution in [3.8, 4) is 11.1 Å². The normalized spacial score (nSPS) is 11.8. The molecule has 0 atom stereocenters. The van der Waals surface area contributed by atoms with Crippen molar-refractivity contribution in [3.05, 3.63) is 101 Å². The van der Waals surface area contributed by atoms with E-state index in [0.29, 0.717) is 16.2 Å². The average molecular weight is 410 g/mol. The van der Waals surface area contributed by atoms with Gasteiger partial charge in [-0.25, -0.2) is 4.79 Å². The van der Waals surface area contributed by atoms with Crippen LogP contribution in [0.1, 0.15) is 36.5 Å². The highest BCUT2D eigenvalue weighted by Crippen LogP contribution is 2.32. The SMILES string of the molecule is CC(C)c1cc(-c2cccc(/C=C(/C(=O)O)c3cc[n+]([O-])cc3)c2)c2ncccc2c1. The van der Waals surface area contributed by atoms with E-state index in [1.807, 2.05) is 30.3 Å². The molecule has 0 bridgehead atoms. The Labute approximate surface area is 180 Å². The Hall–Kier alpha value is -3.99. The number of fused-ring (bicyclic) bond motifs is 1. The zero-order chi connectivity index (χ0) is 22.0. The Morgan fingerprint density at radius 2 is 1.84 bits per heavy atom. The van der Waals surface area contributed by atoms with E-state index >= 15 is 0 Å². The summed E-state index contributed by atoms with van der Waals surface area (Å²) >= 11 is 0. The van der Waals surface area contributed by atoms with Crippen LogP contribution in [0, 0.1) is 5.21 Å². The smallest absolute Gasteiger partial charge is 0.336 e. The van der Waals surface area contributed by atoms with Gasteiger partial charge in [0.15, 0.2) is 12.4 Å². The van der Waals surface area contributed by atoms with Crippen LogP contribution in [0.4, 0.5) is 0 Å². The Balaban J connectivity index is 1.84. The molecule has 31 heavy (non-hydrogen) atoms. The number of aromatic nitrogens is 2. The Bertz CT molecular complexity index is 1290. The first-order valence-electron chi connectivity index (χ1n) is 10.1. The minimum atomic E-state index is -1.05. The number of carboxylic acids is 1. The van der Waals surface area contributed by atoms with Gasteiger partial charge in [0.2, 0.25) is 0 Å². The fraction of sp³-hybridized carbons (Fsp3) is 0.115. The maximum absolute atomic E-state index is 11.9. The molecule has 4 aromatic rings. The quantitative estimate of drug-likeness (QED) is 0.276. The van der Waals surface area contributed by atoms with E-state index in [2.05, 4.69) is 37.0 Å². The highest BCUT2D eigenvalue weighted by Gasteiger charge is 2.13. The summed E-state index contributed by atoms with van der Waals surface area (Å²) < 4.78 is 0.628.